The number of rotatable bonds is 14. The first-order valence-electron chi connectivity index (χ1n) is 15.5. The first kappa shape index (κ1) is 34.6. The van der Waals surface area contributed by atoms with E-state index >= 15 is 0 Å². The van der Waals surface area contributed by atoms with Crippen LogP contribution in [-0.2, 0) is 16.1 Å². The average molecular weight is 683 g/mol. The summed E-state index contributed by atoms with van der Waals surface area (Å²) < 4.78 is 13.6. The summed E-state index contributed by atoms with van der Waals surface area (Å²) in [4.78, 5) is 13.4. The highest BCUT2D eigenvalue weighted by molar-refractivity contribution is 9.11. The molecule has 4 rings (SSSR count). The number of likely N-dealkylation sites (tertiary alicyclic amines) is 1. The molecule has 4 atom stereocenters. The van der Waals surface area contributed by atoms with E-state index in [4.69, 9.17) is 9.47 Å². The second kappa shape index (κ2) is 16.4. The molecule has 0 aliphatic carbocycles. The van der Waals surface area contributed by atoms with Gasteiger partial charge in [0, 0.05) is 87.1 Å². The number of nitrogens with one attached hydrogen (secondary N) is 2. The number of aromatic nitrogens is 2. The molecular weight excluding hydrogens is 634 g/mol. The summed E-state index contributed by atoms with van der Waals surface area (Å²) in [6, 6.07) is 7.75. The Bertz CT molecular complexity index is 1360. The van der Waals surface area contributed by atoms with E-state index in [1.807, 2.05) is 37.5 Å². The monoisotopic (exact) mass is 681 g/mol. The van der Waals surface area contributed by atoms with Crippen LogP contribution in [-0.4, -0.2) is 101 Å². The lowest BCUT2D eigenvalue weighted by Gasteiger charge is -2.39. The van der Waals surface area contributed by atoms with E-state index in [0.29, 0.717) is 19.7 Å². The van der Waals surface area contributed by atoms with Crippen molar-refractivity contribution in [2.45, 2.75) is 58.2 Å². The van der Waals surface area contributed by atoms with E-state index in [-0.39, 0.29) is 30.9 Å². The molecule has 2 aliphatic heterocycles. The number of pyridine rings is 2. The molecule has 0 bridgehead atoms. The summed E-state index contributed by atoms with van der Waals surface area (Å²) in [7, 11) is 3.53. The quantitative estimate of drug-likeness (QED) is 0.182. The topological polar surface area (TPSA) is 98.2 Å². The molecule has 4 heterocycles. The first-order valence-corrected chi connectivity index (χ1v) is 16.3. The van der Waals surface area contributed by atoms with Crippen molar-refractivity contribution in [1.82, 2.24) is 30.1 Å². The predicted octanol–water partition coefficient (Wildman–Crippen LogP) is 5.24. The zero-order valence-electron chi connectivity index (χ0n) is 27.2. The Morgan fingerprint density at radius 3 is 2.58 bits per heavy atom. The number of likely N-dealkylation sites (N-methyl/N-ethyl adjacent to an activating group) is 1. The third-order valence-electron chi connectivity index (χ3n) is 8.00. The molecule has 2 saturated heterocycles. The third kappa shape index (κ3) is 9.64. The van der Waals surface area contributed by atoms with Crippen LogP contribution in [0.5, 0.6) is 0 Å². The second-order valence-electron chi connectivity index (χ2n) is 11.7. The van der Waals surface area contributed by atoms with Crippen LogP contribution < -0.4 is 10.6 Å². The van der Waals surface area contributed by atoms with Crippen molar-refractivity contribution in [2.24, 2.45) is 0 Å². The van der Waals surface area contributed by atoms with Crippen LogP contribution in [0, 0.1) is 0 Å². The Kier molecular flexibility index (Phi) is 12.6. The lowest BCUT2D eigenvalue weighted by Crippen LogP contribution is -2.46. The highest BCUT2D eigenvalue weighted by atomic mass is 79.9. The molecule has 10 nitrogen and oxygen atoms in total. The van der Waals surface area contributed by atoms with Crippen molar-refractivity contribution in [3.63, 3.8) is 0 Å². The number of anilines is 1. The van der Waals surface area contributed by atoms with Gasteiger partial charge in [-0.25, -0.2) is 0 Å². The van der Waals surface area contributed by atoms with Gasteiger partial charge >= 0.3 is 0 Å². The smallest absolute Gasteiger partial charge is 0.0972 e. The van der Waals surface area contributed by atoms with Crippen LogP contribution in [0.25, 0.3) is 5.70 Å². The molecule has 2 aromatic rings. The summed E-state index contributed by atoms with van der Waals surface area (Å²) in [6.07, 6.45) is 8.30. The molecule has 0 saturated carbocycles. The minimum absolute atomic E-state index is 0.0805. The highest BCUT2D eigenvalue weighted by Crippen LogP contribution is 2.29. The van der Waals surface area contributed by atoms with Crippen LogP contribution in [0.4, 0.5) is 5.69 Å². The zero-order valence-corrected chi connectivity index (χ0v) is 28.8. The summed E-state index contributed by atoms with van der Waals surface area (Å²) in [6.45, 7) is 18.7. The van der Waals surface area contributed by atoms with Crippen LogP contribution >= 0.6 is 15.9 Å². The number of morpholine rings is 1. The maximum Gasteiger partial charge on any atom is 0.0972 e. The van der Waals surface area contributed by atoms with Crippen molar-refractivity contribution < 1.29 is 14.7 Å². The largest absolute Gasteiger partial charge is 0.387 e. The molecule has 11 heteroatoms. The van der Waals surface area contributed by atoms with E-state index in [0.717, 1.165) is 63.6 Å². The Hall–Kier alpha value is -3.22. The molecule has 45 heavy (non-hydrogen) atoms. The van der Waals surface area contributed by atoms with Gasteiger partial charge < -0.3 is 35.1 Å². The maximum absolute atomic E-state index is 10.6. The van der Waals surface area contributed by atoms with Crippen molar-refractivity contribution >= 4 is 27.3 Å². The Morgan fingerprint density at radius 1 is 1.18 bits per heavy atom. The molecule has 0 spiro atoms. The van der Waals surface area contributed by atoms with E-state index in [2.05, 4.69) is 86.3 Å². The van der Waals surface area contributed by atoms with Gasteiger partial charge in [-0.2, -0.15) is 5.06 Å². The summed E-state index contributed by atoms with van der Waals surface area (Å²) >= 11 is 3.75. The molecular formula is C34H48BrN7O3. The number of hydroxylamine groups is 2. The Balaban J connectivity index is 1.69. The zero-order chi connectivity index (χ0) is 32.5. The number of allylic oxidation sites excluding steroid dienone is 2. The van der Waals surface area contributed by atoms with Crippen LogP contribution in [0.2, 0.25) is 0 Å². The number of ether oxygens (including phenoxy) is 2. The molecule has 2 fully saturated rings. The number of halogens is 1. The van der Waals surface area contributed by atoms with Crippen molar-refractivity contribution in [3.05, 3.63) is 94.8 Å². The van der Waals surface area contributed by atoms with Gasteiger partial charge in [0.15, 0.2) is 0 Å². The molecule has 0 aromatic carbocycles. The standard InChI is InChI=1S/C34H48BrN7O3/c1-8-28(35)14-31(26(5)41-17-23(2)45-24(3)18-41)32(19-40(7)43)39-33-20-42(25(4)27-13-30(36-6)16-37-15-27)21-34(33)44-22-29-11-9-10-12-38-29/h9-16,23-24,33-34,36,39,43H,4-5,8,17-22H2,1-3,6-7H3/b28-14+,32-31-/t23-,24+,33-,34-/m0/s1. The minimum atomic E-state index is -0.195. The van der Waals surface area contributed by atoms with Gasteiger partial charge in [-0.1, -0.05) is 42.1 Å². The van der Waals surface area contributed by atoms with E-state index in [1.54, 1.807) is 19.4 Å². The lowest BCUT2D eigenvalue weighted by molar-refractivity contribution is -0.0596. The maximum atomic E-state index is 10.6. The van der Waals surface area contributed by atoms with E-state index in [1.165, 1.54) is 5.06 Å². The SMILES string of the molecule is C=C(C(/C=C(/Br)CC)=C(/CN(C)O)N[C@H]1CN(C(=C)c2cncc(NC)c2)C[C@@H]1OCc1ccccn1)N1C[C@@H](C)O[C@@H](C)C1. The van der Waals surface area contributed by atoms with Crippen molar-refractivity contribution in [2.75, 3.05) is 52.1 Å². The molecule has 3 N–H and O–H groups in total. The predicted molar refractivity (Wildman–Crippen MR) is 184 cm³/mol. The Morgan fingerprint density at radius 2 is 1.93 bits per heavy atom. The van der Waals surface area contributed by atoms with Gasteiger partial charge in [0.2, 0.25) is 0 Å². The molecule has 244 valence electrons. The molecule has 2 aliphatic rings. The van der Waals surface area contributed by atoms with E-state index in [9.17, 15) is 5.21 Å². The van der Waals surface area contributed by atoms with Crippen LogP contribution in [0.3, 0.4) is 0 Å². The Labute approximate surface area is 276 Å². The van der Waals surface area contributed by atoms with Gasteiger partial charge in [0.05, 0.1) is 48.9 Å². The van der Waals surface area contributed by atoms with Gasteiger partial charge in [-0.3, -0.25) is 9.97 Å². The van der Waals surface area contributed by atoms with Gasteiger partial charge in [-0.15, -0.1) is 0 Å². The fourth-order valence-electron chi connectivity index (χ4n) is 5.73. The second-order valence-corrected chi connectivity index (χ2v) is 12.8. The molecule has 2 aromatic heterocycles. The van der Waals surface area contributed by atoms with Crippen molar-refractivity contribution in [1.29, 1.82) is 0 Å². The molecule has 0 radical (unpaired) electrons. The number of hydrogen-bond acceptors (Lipinski definition) is 10. The molecule has 0 amide bonds. The number of hydrogen-bond donors (Lipinski definition) is 3. The highest BCUT2D eigenvalue weighted by Gasteiger charge is 2.36. The van der Waals surface area contributed by atoms with Crippen LogP contribution in [0.15, 0.2) is 83.5 Å². The summed E-state index contributed by atoms with van der Waals surface area (Å²) in [5, 5.41) is 18.7. The normalized spacial score (nSPS) is 22.8. The van der Waals surface area contributed by atoms with Gasteiger partial charge in [0.1, 0.15) is 0 Å². The average Bonchev–Trinajstić information content (AvgIpc) is 3.43. The summed E-state index contributed by atoms with van der Waals surface area (Å²) in [5.41, 5.74) is 6.26. The fraction of sp³-hybridized carbons (Fsp3) is 0.471. The molecule has 0 unspecified atom stereocenters. The number of nitrogens with zero attached hydrogens (tertiary/aromatic N) is 5. The van der Waals surface area contributed by atoms with E-state index < -0.39 is 0 Å². The first-order chi connectivity index (χ1) is 21.6. The lowest BCUT2D eigenvalue weighted by atomic mass is 10.0. The van der Waals surface area contributed by atoms with Crippen molar-refractivity contribution in [3.8, 4) is 0 Å². The van der Waals surface area contributed by atoms with Gasteiger partial charge in [0.25, 0.3) is 0 Å². The fourth-order valence-corrected chi connectivity index (χ4v) is 5.96. The summed E-state index contributed by atoms with van der Waals surface area (Å²) in [5.74, 6) is 0. The van der Waals surface area contributed by atoms with Gasteiger partial charge in [-0.05, 0) is 49.0 Å². The minimum Gasteiger partial charge on any atom is -0.387 e. The third-order valence-corrected chi connectivity index (χ3v) is 8.79. The van der Waals surface area contributed by atoms with Crippen LogP contribution in [0.1, 0.15) is 38.4 Å².